The zero-order chi connectivity index (χ0) is 22.1. The van der Waals surface area contributed by atoms with Crippen LogP contribution in [0.25, 0.3) is 10.9 Å². The maximum atomic E-state index is 12.3. The molecule has 3 N–H and O–H groups in total. The van der Waals surface area contributed by atoms with E-state index in [1.54, 1.807) is 12.1 Å². The summed E-state index contributed by atoms with van der Waals surface area (Å²) in [5, 5.41) is 0.914. The number of aromatic nitrogens is 1. The molecule has 0 fully saturated rings. The highest BCUT2D eigenvalue weighted by Gasteiger charge is 2.10. The molecule has 0 saturated carbocycles. The van der Waals surface area contributed by atoms with Crippen molar-refractivity contribution in [2.24, 2.45) is 0 Å². The molecule has 0 spiro atoms. The molecule has 1 aromatic carbocycles. The topological polar surface area (TPSA) is 77.2 Å². The minimum Gasteiger partial charge on any atom is -0.374 e. The smallest absolute Gasteiger partial charge is 0.286 e. The fraction of sp³-hybridized carbons (Fsp3) is 0.333. The van der Waals surface area contributed by atoms with E-state index in [-0.39, 0.29) is 5.91 Å². The van der Waals surface area contributed by atoms with Gasteiger partial charge in [0.15, 0.2) is 0 Å². The first kappa shape index (κ1) is 22.9. The highest BCUT2D eigenvalue weighted by Crippen LogP contribution is 2.20. The lowest BCUT2D eigenvalue weighted by Gasteiger charge is -2.21. The number of unbranched alkanes of at least 4 members (excludes halogenated alkanes) is 4. The summed E-state index contributed by atoms with van der Waals surface area (Å²) in [4.78, 5) is 29.6. The van der Waals surface area contributed by atoms with Gasteiger partial charge in [0.1, 0.15) is 5.69 Å². The van der Waals surface area contributed by atoms with Crippen LogP contribution in [0.4, 0.5) is 0 Å². The minimum absolute atomic E-state index is 0.380. The molecule has 7 heteroatoms. The van der Waals surface area contributed by atoms with Gasteiger partial charge in [-0.2, -0.15) is 0 Å². The molecule has 1 aliphatic heterocycles. The molecule has 0 saturated heterocycles. The minimum atomic E-state index is -0.402. The molecule has 0 aliphatic carbocycles. The van der Waals surface area contributed by atoms with Crippen LogP contribution in [0, 0.1) is 0 Å². The highest BCUT2D eigenvalue weighted by molar-refractivity contribution is 9.10. The van der Waals surface area contributed by atoms with E-state index in [1.807, 2.05) is 24.3 Å². The lowest BCUT2D eigenvalue weighted by atomic mass is 10.1. The van der Waals surface area contributed by atoms with E-state index >= 15 is 0 Å². The second-order valence-electron chi connectivity index (χ2n) is 7.62. The maximum Gasteiger partial charge on any atom is 0.286 e. The number of hydrogen-bond donors (Lipinski definition) is 3. The summed E-state index contributed by atoms with van der Waals surface area (Å²) in [5.41, 5.74) is 7.05. The van der Waals surface area contributed by atoms with Gasteiger partial charge in [-0.1, -0.05) is 54.6 Å². The van der Waals surface area contributed by atoms with Crippen molar-refractivity contribution < 1.29 is 9.59 Å². The van der Waals surface area contributed by atoms with Crippen LogP contribution < -0.4 is 10.9 Å². The van der Waals surface area contributed by atoms with E-state index in [9.17, 15) is 9.59 Å². The Morgan fingerprint density at radius 1 is 1.16 bits per heavy atom. The average molecular weight is 485 g/mol. The Hall–Kier alpha value is -2.80. The van der Waals surface area contributed by atoms with Crippen molar-refractivity contribution in [1.29, 1.82) is 0 Å². The predicted molar refractivity (Wildman–Crippen MR) is 128 cm³/mol. The molecule has 0 bridgehead atoms. The summed E-state index contributed by atoms with van der Waals surface area (Å²) >= 11 is 3.41. The molecule has 0 atom stereocenters. The van der Waals surface area contributed by atoms with Crippen molar-refractivity contribution in [3.8, 4) is 0 Å². The van der Waals surface area contributed by atoms with Gasteiger partial charge < -0.3 is 9.88 Å². The lowest BCUT2D eigenvalue weighted by molar-refractivity contribution is -0.117. The van der Waals surface area contributed by atoms with Gasteiger partial charge in [-0.3, -0.25) is 20.4 Å². The zero-order valence-corrected chi connectivity index (χ0v) is 19.4. The van der Waals surface area contributed by atoms with Gasteiger partial charge in [0.2, 0.25) is 0 Å². The van der Waals surface area contributed by atoms with E-state index in [0.29, 0.717) is 5.69 Å². The predicted octanol–water partition coefficient (Wildman–Crippen LogP) is 4.97. The number of nitrogens with one attached hydrogen (secondary N) is 3. The second-order valence-corrected chi connectivity index (χ2v) is 8.54. The molecule has 2 heterocycles. The SMILES string of the molecule is CCCCCCCN1C=CC(/C=C/C(=O)NNC(=O)c2cc3cc(Br)ccc3[nH]2)=CC1. The molecule has 1 aliphatic rings. The molecule has 2 aromatic rings. The zero-order valence-electron chi connectivity index (χ0n) is 17.8. The molecule has 3 rings (SSSR count). The summed E-state index contributed by atoms with van der Waals surface area (Å²) in [5.74, 6) is -0.791. The van der Waals surface area contributed by atoms with Crippen molar-refractivity contribution in [2.45, 2.75) is 39.0 Å². The molecular weight excluding hydrogens is 456 g/mol. The standard InChI is InChI=1S/C24H29BrN4O2/c1-2-3-4-5-6-13-29-14-11-18(12-15-29)7-10-23(30)27-28-24(31)22-17-19-16-20(25)8-9-21(19)26-22/h7-12,14,16-17,26H,2-6,13,15H2,1H3,(H,27,30)(H,28,31)/b10-7+. The van der Waals surface area contributed by atoms with Crippen molar-refractivity contribution in [2.75, 3.05) is 13.1 Å². The quantitative estimate of drug-likeness (QED) is 0.267. The molecule has 31 heavy (non-hydrogen) atoms. The third kappa shape index (κ3) is 7.14. The first-order chi connectivity index (χ1) is 15.0. The van der Waals surface area contributed by atoms with Crippen molar-refractivity contribution >= 4 is 38.6 Å². The first-order valence-corrected chi connectivity index (χ1v) is 11.5. The molecule has 164 valence electrons. The third-order valence-corrected chi connectivity index (χ3v) is 5.64. The van der Waals surface area contributed by atoms with Crippen LogP contribution >= 0.6 is 15.9 Å². The van der Waals surface area contributed by atoms with Gasteiger partial charge in [0.05, 0.1) is 0 Å². The van der Waals surface area contributed by atoms with Crippen LogP contribution in [-0.2, 0) is 4.79 Å². The number of nitrogens with zero attached hydrogens (tertiary/aromatic N) is 1. The fourth-order valence-corrected chi connectivity index (χ4v) is 3.75. The largest absolute Gasteiger partial charge is 0.374 e. The number of carbonyl (C=O) groups is 2. The summed E-state index contributed by atoms with van der Waals surface area (Å²) in [6, 6.07) is 7.44. The van der Waals surface area contributed by atoms with Crippen LogP contribution in [-0.4, -0.2) is 34.8 Å². The summed E-state index contributed by atoms with van der Waals surface area (Å²) < 4.78 is 0.936. The van der Waals surface area contributed by atoms with Crippen molar-refractivity contribution in [3.63, 3.8) is 0 Å². The van der Waals surface area contributed by atoms with E-state index in [0.717, 1.165) is 34.0 Å². The third-order valence-electron chi connectivity index (χ3n) is 5.14. The maximum absolute atomic E-state index is 12.3. The Labute approximate surface area is 191 Å². The number of amides is 2. The molecule has 0 unspecified atom stereocenters. The number of allylic oxidation sites excluding steroid dienone is 3. The number of aromatic amines is 1. The monoisotopic (exact) mass is 484 g/mol. The number of rotatable bonds is 9. The molecule has 6 nitrogen and oxygen atoms in total. The highest BCUT2D eigenvalue weighted by atomic mass is 79.9. The summed E-state index contributed by atoms with van der Waals surface area (Å²) in [6.07, 6.45) is 15.7. The van der Waals surface area contributed by atoms with E-state index in [2.05, 4.69) is 55.9 Å². The van der Waals surface area contributed by atoms with Crippen LogP contribution in [0.15, 0.2) is 64.8 Å². The van der Waals surface area contributed by atoms with Crippen molar-refractivity contribution in [3.05, 3.63) is 70.5 Å². The van der Waals surface area contributed by atoms with Crippen LogP contribution in [0.5, 0.6) is 0 Å². The normalized spacial score (nSPS) is 13.6. The Balaban J connectivity index is 1.40. The van der Waals surface area contributed by atoms with Gasteiger partial charge in [-0.15, -0.1) is 0 Å². The number of fused-ring (bicyclic) bond motifs is 1. The average Bonchev–Trinajstić information content (AvgIpc) is 3.20. The Kier molecular flexibility index (Phi) is 8.53. The first-order valence-electron chi connectivity index (χ1n) is 10.7. The Bertz CT molecular complexity index is 1010. The lowest BCUT2D eigenvalue weighted by Crippen LogP contribution is -2.40. The van der Waals surface area contributed by atoms with Crippen LogP contribution in [0.2, 0.25) is 0 Å². The van der Waals surface area contributed by atoms with Gasteiger partial charge in [-0.05, 0) is 54.6 Å². The second kappa shape index (κ2) is 11.6. The summed E-state index contributed by atoms with van der Waals surface area (Å²) in [6.45, 7) is 4.13. The Morgan fingerprint density at radius 3 is 2.77 bits per heavy atom. The molecule has 1 aromatic heterocycles. The number of hydrazine groups is 1. The molecular formula is C24H29BrN4O2. The van der Waals surface area contributed by atoms with Crippen molar-refractivity contribution in [1.82, 2.24) is 20.7 Å². The number of hydrogen-bond acceptors (Lipinski definition) is 3. The summed E-state index contributed by atoms with van der Waals surface area (Å²) in [7, 11) is 0. The number of H-pyrrole nitrogens is 1. The van der Waals surface area contributed by atoms with Gasteiger partial charge in [0, 0.05) is 34.5 Å². The molecule has 0 radical (unpaired) electrons. The van der Waals surface area contributed by atoms with E-state index in [4.69, 9.17) is 0 Å². The number of halogens is 1. The van der Waals surface area contributed by atoms with Crippen LogP contribution in [0.3, 0.4) is 0 Å². The molecule has 2 amide bonds. The van der Waals surface area contributed by atoms with E-state index in [1.165, 1.54) is 38.2 Å². The van der Waals surface area contributed by atoms with Crippen LogP contribution in [0.1, 0.15) is 49.5 Å². The number of benzene rings is 1. The Morgan fingerprint density at radius 2 is 2.00 bits per heavy atom. The fourth-order valence-electron chi connectivity index (χ4n) is 3.38. The van der Waals surface area contributed by atoms with Gasteiger partial charge in [-0.25, -0.2) is 0 Å². The van der Waals surface area contributed by atoms with Gasteiger partial charge >= 0.3 is 0 Å². The van der Waals surface area contributed by atoms with Gasteiger partial charge in [0.25, 0.3) is 11.8 Å². The number of carbonyl (C=O) groups excluding carboxylic acids is 2. The van der Waals surface area contributed by atoms with E-state index < -0.39 is 5.91 Å².